The zero-order chi connectivity index (χ0) is 27.8. The first kappa shape index (κ1) is 27.4. The summed E-state index contributed by atoms with van der Waals surface area (Å²) in [7, 11) is -1.94. The highest BCUT2D eigenvalue weighted by molar-refractivity contribution is 9.09. The quantitative estimate of drug-likeness (QED) is 0.193. The maximum absolute atomic E-state index is 12.7. The Morgan fingerprint density at radius 2 is 1.69 bits per heavy atom. The van der Waals surface area contributed by atoms with Gasteiger partial charge in [-0.1, -0.05) is 87.0 Å². The molecule has 4 aromatic rings. The van der Waals surface area contributed by atoms with Crippen molar-refractivity contribution in [3.05, 3.63) is 73.3 Å². The van der Waals surface area contributed by atoms with E-state index in [1.807, 2.05) is 61.7 Å². The summed E-state index contributed by atoms with van der Waals surface area (Å²) in [5.41, 5.74) is 6.75. The fraction of sp³-hybridized carbons (Fsp3) is 0.357. The van der Waals surface area contributed by atoms with Crippen molar-refractivity contribution in [2.75, 3.05) is 12.3 Å². The first-order chi connectivity index (χ1) is 18.6. The second-order valence-electron chi connectivity index (χ2n) is 10.4. The lowest BCUT2D eigenvalue weighted by atomic mass is 10.1. The number of imidazole rings is 1. The van der Waals surface area contributed by atoms with Crippen molar-refractivity contribution in [2.45, 2.75) is 55.7 Å². The Kier molecular flexibility index (Phi) is 7.60. The molecular weight excluding hydrogens is 578 g/mol. The van der Waals surface area contributed by atoms with Crippen LogP contribution in [0.4, 0.5) is 5.82 Å². The first-order valence-electron chi connectivity index (χ1n) is 12.7. The Balaban J connectivity index is 1.82. The van der Waals surface area contributed by atoms with E-state index in [0.717, 1.165) is 10.4 Å². The molecule has 0 aliphatic carbocycles. The number of benzene rings is 2. The average molecular weight is 610 g/mol. The minimum atomic E-state index is -1.94. The Hall–Kier alpha value is -3.12. The number of alkyl halides is 1. The van der Waals surface area contributed by atoms with Gasteiger partial charge in [0, 0.05) is 6.92 Å². The van der Waals surface area contributed by atoms with E-state index in [0.29, 0.717) is 11.2 Å². The maximum atomic E-state index is 12.7. The average Bonchev–Trinajstić information content (AvgIpc) is 3.45. The van der Waals surface area contributed by atoms with Gasteiger partial charge < -0.3 is 19.9 Å². The first-order valence-corrected chi connectivity index (χ1v) is 15.1. The van der Waals surface area contributed by atoms with Crippen LogP contribution >= 0.6 is 15.9 Å². The molecule has 1 fully saturated rings. The molecule has 5 rings (SSSR count). The Labute approximate surface area is 237 Å². The molecule has 2 aromatic carbocycles. The number of rotatable bonds is 7. The van der Waals surface area contributed by atoms with Crippen molar-refractivity contribution in [1.82, 2.24) is 19.5 Å². The zero-order valence-corrected chi connectivity index (χ0v) is 24.8. The van der Waals surface area contributed by atoms with Crippen LogP contribution in [-0.4, -0.2) is 63.5 Å². The third kappa shape index (κ3) is 5.23. The number of fused-ring (bicyclic) bond motifs is 1. The summed E-state index contributed by atoms with van der Waals surface area (Å²) in [4.78, 5) is 25.5. The molecular formula is C28H31BrN5O4Si. The van der Waals surface area contributed by atoms with Gasteiger partial charge in [-0.15, -0.1) is 0 Å². The predicted molar refractivity (Wildman–Crippen MR) is 154 cm³/mol. The number of anilines is 1. The largest absolute Gasteiger partial charge is 0.456 e. The van der Waals surface area contributed by atoms with Crippen molar-refractivity contribution in [1.29, 1.82) is 0 Å². The van der Waals surface area contributed by atoms with E-state index in [-0.39, 0.29) is 12.4 Å². The van der Waals surface area contributed by atoms with E-state index >= 15 is 0 Å². The molecule has 203 valence electrons. The molecule has 9 nitrogen and oxygen atoms in total. The predicted octanol–water partition coefficient (Wildman–Crippen LogP) is 2.82. The van der Waals surface area contributed by atoms with Crippen LogP contribution in [0.5, 0.6) is 0 Å². The highest BCUT2D eigenvalue weighted by atomic mass is 79.9. The van der Waals surface area contributed by atoms with E-state index in [1.165, 1.54) is 13.3 Å². The molecule has 1 aliphatic rings. The van der Waals surface area contributed by atoms with Gasteiger partial charge in [0.05, 0.1) is 29.5 Å². The number of ether oxygens (including phenoxy) is 3. The summed E-state index contributed by atoms with van der Waals surface area (Å²) < 4.78 is 21.4. The third-order valence-electron chi connectivity index (χ3n) is 6.54. The molecule has 0 bridgehead atoms. The Bertz CT molecular complexity index is 1410. The van der Waals surface area contributed by atoms with Gasteiger partial charge in [-0.3, -0.25) is 9.36 Å². The highest BCUT2D eigenvalue weighted by Gasteiger charge is 2.63. The highest BCUT2D eigenvalue weighted by Crippen LogP contribution is 2.44. The number of halogens is 1. The van der Waals surface area contributed by atoms with Crippen LogP contribution in [-0.2, 0) is 24.4 Å². The third-order valence-corrected chi connectivity index (χ3v) is 10.8. The molecule has 39 heavy (non-hydrogen) atoms. The van der Waals surface area contributed by atoms with Crippen molar-refractivity contribution < 1.29 is 19.0 Å². The van der Waals surface area contributed by atoms with E-state index in [9.17, 15) is 4.79 Å². The molecule has 2 N–H and O–H groups in total. The van der Waals surface area contributed by atoms with E-state index in [1.54, 1.807) is 6.33 Å². The van der Waals surface area contributed by atoms with Gasteiger partial charge in [0.1, 0.15) is 11.8 Å². The lowest BCUT2D eigenvalue weighted by Gasteiger charge is -2.41. The van der Waals surface area contributed by atoms with Crippen molar-refractivity contribution >= 4 is 58.1 Å². The number of nitrogens with two attached hydrogens (primary N) is 1. The Morgan fingerprint density at radius 3 is 2.26 bits per heavy atom. The molecule has 11 heteroatoms. The van der Waals surface area contributed by atoms with E-state index in [2.05, 4.69) is 55.1 Å². The molecule has 4 atom stereocenters. The van der Waals surface area contributed by atoms with Crippen LogP contribution in [0.25, 0.3) is 11.2 Å². The van der Waals surface area contributed by atoms with Crippen molar-refractivity contribution in [3.63, 3.8) is 0 Å². The van der Waals surface area contributed by atoms with E-state index < -0.39 is 42.8 Å². The standard InChI is InChI=1S/C28H31BrN5O4Si/c1-18(35)37-24-22(29)21(15-36-27(2,3)4)38-28(24,34-17-33-23-25(30)31-16-32-26(23)34)39(19-11-7-5-8-12-19)20-13-9-6-10-14-20/h5-14,16-17,21-22,24H,15H2,1-4H3,(H2,30,31,32)/t21-,22-,24-,28+/m1/s1. The fourth-order valence-electron chi connectivity index (χ4n) is 4.96. The molecule has 0 amide bonds. The van der Waals surface area contributed by atoms with Gasteiger partial charge in [0.15, 0.2) is 31.7 Å². The number of aromatic nitrogens is 4. The monoisotopic (exact) mass is 608 g/mol. The molecule has 1 radical (unpaired) electrons. The minimum Gasteiger partial charge on any atom is -0.456 e. The number of nitrogens with zero attached hydrogens (tertiary/aromatic N) is 4. The molecule has 0 spiro atoms. The fourth-order valence-corrected chi connectivity index (χ4v) is 9.34. The number of esters is 1. The number of hydrogen-bond acceptors (Lipinski definition) is 8. The summed E-state index contributed by atoms with van der Waals surface area (Å²) in [5, 5.41) is 0.896. The lowest BCUT2D eigenvalue weighted by Crippen LogP contribution is -2.67. The maximum Gasteiger partial charge on any atom is 0.303 e. The van der Waals surface area contributed by atoms with Crippen LogP contribution in [0.1, 0.15) is 27.7 Å². The van der Waals surface area contributed by atoms with Gasteiger partial charge in [0.2, 0.25) is 0 Å². The summed E-state index contributed by atoms with van der Waals surface area (Å²) in [6, 6.07) is 20.3. The Morgan fingerprint density at radius 1 is 1.08 bits per heavy atom. The molecule has 1 saturated heterocycles. The van der Waals surface area contributed by atoms with Gasteiger partial charge in [-0.25, -0.2) is 15.0 Å². The van der Waals surface area contributed by atoms with Gasteiger partial charge >= 0.3 is 5.97 Å². The van der Waals surface area contributed by atoms with Crippen LogP contribution in [0.2, 0.25) is 0 Å². The molecule has 3 heterocycles. The molecule has 0 unspecified atom stereocenters. The number of carbonyl (C=O) groups excluding carboxylic acids is 1. The molecule has 1 aliphatic heterocycles. The van der Waals surface area contributed by atoms with E-state index in [4.69, 9.17) is 19.9 Å². The number of carbonyl (C=O) groups is 1. The van der Waals surface area contributed by atoms with Crippen LogP contribution < -0.4 is 16.1 Å². The number of nitrogen functional groups attached to an aromatic ring is 1. The van der Waals surface area contributed by atoms with Crippen LogP contribution in [0, 0.1) is 0 Å². The summed E-state index contributed by atoms with van der Waals surface area (Å²) in [5.74, 6) is -0.164. The van der Waals surface area contributed by atoms with Crippen molar-refractivity contribution in [2.24, 2.45) is 0 Å². The smallest absolute Gasteiger partial charge is 0.303 e. The lowest BCUT2D eigenvalue weighted by molar-refractivity contribution is -0.159. The van der Waals surface area contributed by atoms with Crippen molar-refractivity contribution in [3.8, 4) is 0 Å². The summed E-state index contributed by atoms with van der Waals surface area (Å²) >= 11 is 3.86. The molecule has 2 aromatic heterocycles. The second kappa shape index (κ2) is 10.8. The normalized spacial score (nSPS) is 23.4. The second-order valence-corrected chi connectivity index (χ2v) is 14.1. The SMILES string of the molecule is CC(=O)O[C@@H]1[C@H](Br)[C@@H](COC(C)(C)C)O[C@]1(n1cnc2c(N)ncnc21)[Si](c1ccccc1)c1ccccc1. The topological polar surface area (TPSA) is 114 Å². The van der Waals surface area contributed by atoms with Gasteiger partial charge in [0.25, 0.3) is 0 Å². The van der Waals surface area contributed by atoms with Gasteiger partial charge in [-0.2, -0.15) is 0 Å². The van der Waals surface area contributed by atoms with Gasteiger partial charge in [-0.05, 0) is 20.8 Å². The summed E-state index contributed by atoms with van der Waals surface area (Å²) in [6.45, 7) is 7.67. The molecule has 0 saturated carbocycles. The number of hydrogen-bond donors (Lipinski definition) is 1. The minimum absolute atomic E-state index is 0.257. The summed E-state index contributed by atoms with van der Waals surface area (Å²) in [6.07, 6.45) is 1.85. The van der Waals surface area contributed by atoms with Crippen LogP contribution in [0.15, 0.2) is 73.3 Å². The van der Waals surface area contributed by atoms with Crippen LogP contribution in [0.3, 0.4) is 0 Å². The zero-order valence-electron chi connectivity index (χ0n) is 22.2.